The van der Waals surface area contributed by atoms with E-state index in [1.165, 1.54) is 11.3 Å². The Labute approximate surface area is 113 Å². The van der Waals surface area contributed by atoms with E-state index in [-0.39, 0.29) is 0 Å². The number of aliphatic hydroxyl groups excluding tert-OH is 1. The van der Waals surface area contributed by atoms with Crippen molar-refractivity contribution in [2.45, 2.75) is 13.0 Å². The summed E-state index contributed by atoms with van der Waals surface area (Å²) < 4.78 is 6.42. The number of thiophene rings is 1. The van der Waals surface area contributed by atoms with Crippen LogP contribution in [0.1, 0.15) is 23.5 Å². The number of halogens is 1. The normalized spacial score (nSPS) is 12.4. The van der Waals surface area contributed by atoms with Gasteiger partial charge in [-0.3, -0.25) is 0 Å². The monoisotopic (exact) mass is 312 g/mol. The third-order valence-corrected chi connectivity index (χ3v) is 4.09. The highest BCUT2D eigenvalue weighted by atomic mass is 79.9. The molecule has 2 aromatic rings. The molecule has 0 fully saturated rings. The summed E-state index contributed by atoms with van der Waals surface area (Å²) in [6.07, 6.45) is -0.591. The number of hydrogen-bond acceptors (Lipinski definition) is 3. The van der Waals surface area contributed by atoms with Gasteiger partial charge in [-0.05, 0) is 46.6 Å². The molecule has 90 valence electrons. The molecular weight excluding hydrogens is 300 g/mol. The van der Waals surface area contributed by atoms with E-state index in [4.69, 9.17) is 4.74 Å². The van der Waals surface area contributed by atoms with Gasteiger partial charge in [0.15, 0.2) is 0 Å². The molecule has 1 aromatic heterocycles. The van der Waals surface area contributed by atoms with Crippen LogP contribution >= 0.6 is 27.3 Å². The van der Waals surface area contributed by atoms with E-state index in [9.17, 15) is 5.11 Å². The van der Waals surface area contributed by atoms with Gasteiger partial charge in [-0.25, -0.2) is 0 Å². The average Bonchev–Trinajstić information content (AvgIpc) is 2.76. The first kappa shape index (κ1) is 12.6. The second-order valence-electron chi connectivity index (χ2n) is 3.58. The van der Waals surface area contributed by atoms with Crippen LogP contribution in [0.25, 0.3) is 0 Å². The molecule has 0 amide bonds. The van der Waals surface area contributed by atoms with Gasteiger partial charge in [0.05, 0.1) is 6.61 Å². The van der Waals surface area contributed by atoms with Crippen molar-refractivity contribution in [1.82, 2.24) is 0 Å². The van der Waals surface area contributed by atoms with Gasteiger partial charge in [-0.2, -0.15) is 0 Å². The predicted octanol–water partition coefficient (Wildman–Crippen LogP) is 3.99. The molecule has 0 saturated carbocycles. The molecule has 0 aliphatic carbocycles. The van der Waals surface area contributed by atoms with Gasteiger partial charge in [0.1, 0.15) is 11.9 Å². The number of aliphatic hydroxyl groups is 1. The Morgan fingerprint density at radius 3 is 2.88 bits per heavy atom. The van der Waals surface area contributed by atoms with E-state index < -0.39 is 6.10 Å². The zero-order valence-corrected chi connectivity index (χ0v) is 11.8. The second-order valence-corrected chi connectivity index (χ2v) is 5.43. The van der Waals surface area contributed by atoms with Crippen LogP contribution in [0.15, 0.2) is 40.2 Å². The number of hydrogen-bond donors (Lipinski definition) is 1. The molecule has 1 N–H and O–H groups in total. The van der Waals surface area contributed by atoms with Gasteiger partial charge < -0.3 is 9.84 Å². The Morgan fingerprint density at radius 2 is 2.24 bits per heavy atom. The molecule has 0 saturated heterocycles. The van der Waals surface area contributed by atoms with Crippen LogP contribution in [0.5, 0.6) is 5.75 Å². The van der Waals surface area contributed by atoms with Crippen molar-refractivity contribution in [2.24, 2.45) is 0 Å². The lowest BCUT2D eigenvalue weighted by molar-refractivity contribution is 0.223. The van der Waals surface area contributed by atoms with Crippen molar-refractivity contribution in [3.05, 3.63) is 50.6 Å². The first-order valence-electron chi connectivity index (χ1n) is 5.35. The zero-order valence-electron chi connectivity index (χ0n) is 9.39. The number of benzene rings is 1. The first-order chi connectivity index (χ1) is 8.20. The van der Waals surface area contributed by atoms with Crippen LogP contribution in [0.2, 0.25) is 0 Å². The Balaban J connectivity index is 2.24. The second kappa shape index (κ2) is 5.67. The first-order valence-corrected chi connectivity index (χ1v) is 7.02. The van der Waals surface area contributed by atoms with Crippen molar-refractivity contribution in [3.8, 4) is 5.75 Å². The predicted molar refractivity (Wildman–Crippen MR) is 73.7 cm³/mol. The van der Waals surface area contributed by atoms with Gasteiger partial charge in [0, 0.05) is 14.7 Å². The van der Waals surface area contributed by atoms with Crippen LogP contribution in [-0.4, -0.2) is 11.7 Å². The summed E-state index contributed by atoms with van der Waals surface area (Å²) in [6.45, 7) is 2.57. The minimum absolute atomic E-state index is 0.591. The molecule has 17 heavy (non-hydrogen) atoms. The molecule has 0 spiro atoms. The van der Waals surface area contributed by atoms with Gasteiger partial charge in [0.25, 0.3) is 0 Å². The molecule has 1 heterocycles. The molecule has 4 heteroatoms. The third kappa shape index (κ3) is 3.09. The maximum absolute atomic E-state index is 10.2. The van der Waals surface area contributed by atoms with Crippen LogP contribution in [-0.2, 0) is 0 Å². The largest absolute Gasteiger partial charge is 0.494 e. The summed E-state index contributed by atoms with van der Waals surface area (Å²) in [7, 11) is 0. The molecule has 1 unspecified atom stereocenters. The Hall–Kier alpha value is -0.840. The van der Waals surface area contributed by atoms with Gasteiger partial charge >= 0.3 is 0 Å². The highest BCUT2D eigenvalue weighted by Gasteiger charge is 2.13. The van der Waals surface area contributed by atoms with Crippen LogP contribution < -0.4 is 4.74 Å². The minimum Gasteiger partial charge on any atom is -0.494 e. The summed E-state index contributed by atoms with van der Waals surface area (Å²) in [5.41, 5.74) is 0.852. The fraction of sp³-hybridized carbons (Fsp3) is 0.231. The molecule has 2 rings (SSSR count). The standard InChI is InChI=1S/C13H13BrO2S/c1-2-16-11-5-3-4-9(6-11)13(15)12-7-10(14)8-17-12/h3-8,13,15H,2H2,1H3. The van der Waals surface area contributed by atoms with Gasteiger partial charge in [0.2, 0.25) is 0 Å². The van der Waals surface area contributed by atoms with E-state index in [1.807, 2.05) is 42.6 Å². The quantitative estimate of drug-likeness (QED) is 0.925. The maximum atomic E-state index is 10.2. The molecule has 1 aromatic carbocycles. The van der Waals surface area contributed by atoms with Crippen LogP contribution in [0.3, 0.4) is 0 Å². The summed E-state index contributed by atoms with van der Waals surface area (Å²) in [5, 5.41) is 12.2. The summed E-state index contributed by atoms with van der Waals surface area (Å²) >= 11 is 4.92. The van der Waals surface area contributed by atoms with Crippen molar-refractivity contribution < 1.29 is 9.84 Å². The fourth-order valence-electron chi connectivity index (χ4n) is 1.58. The highest BCUT2D eigenvalue weighted by Crippen LogP contribution is 2.31. The highest BCUT2D eigenvalue weighted by molar-refractivity contribution is 9.10. The van der Waals surface area contributed by atoms with Crippen LogP contribution in [0, 0.1) is 0 Å². The van der Waals surface area contributed by atoms with E-state index in [1.54, 1.807) is 0 Å². The van der Waals surface area contributed by atoms with E-state index in [2.05, 4.69) is 15.9 Å². The summed E-state index contributed by atoms with van der Waals surface area (Å²) in [5.74, 6) is 0.791. The summed E-state index contributed by atoms with van der Waals surface area (Å²) in [6, 6.07) is 9.50. The third-order valence-electron chi connectivity index (χ3n) is 2.34. The lowest BCUT2D eigenvalue weighted by Crippen LogP contribution is -1.98. The molecule has 0 bridgehead atoms. The SMILES string of the molecule is CCOc1cccc(C(O)c2cc(Br)cs2)c1. The van der Waals surface area contributed by atoms with E-state index in [0.29, 0.717) is 6.61 Å². The van der Waals surface area contributed by atoms with Crippen molar-refractivity contribution in [3.63, 3.8) is 0 Å². The van der Waals surface area contributed by atoms with Gasteiger partial charge in [-0.1, -0.05) is 12.1 Å². The molecule has 0 aliphatic heterocycles. The maximum Gasteiger partial charge on any atom is 0.119 e. The van der Waals surface area contributed by atoms with Crippen molar-refractivity contribution in [2.75, 3.05) is 6.61 Å². The van der Waals surface area contributed by atoms with E-state index in [0.717, 1.165) is 20.7 Å². The topological polar surface area (TPSA) is 29.5 Å². The molecule has 0 radical (unpaired) electrons. The molecular formula is C13H13BrO2S. The molecule has 0 aliphatic rings. The lowest BCUT2D eigenvalue weighted by atomic mass is 10.1. The Morgan fingerprint density at radius 1 is 1.41 bits per heavy atom. The Kier molecular flexibility index (Phi) is 4.20. The minimum atomic E-state index is -0.591. The zero-order chi connectivity index (χ0) is 12.3. The van der Waals surface area contributed by atoms with Crippen LogP contribution in [0.4, 0.5) is 0 Å². The fourth-order valence-corrected chi connectivity index (χ4v) is 3.03. The van der Waals surface area contributed by atoms with Gasteiger partial charge in [-0.15, -0.1) is 11.3 Å². The van der Waals surface area contributed by atoms with Crippen molar-refractivity contribution >= 4 is 27.3 Å². The molecule has 2 nitrogen and oxygen atoms in total. The number of ether oxygens (including phenoxy) is 1. The summed E-state index contributed by atoms with van der Waals surface area (Å²) in [4.78, 5) is 0.922. The van der Waals surface area contributed by atoms with Crippen molar-refractivity contribution in [1.29, 1.82) is 0 Å². The van der Waals surface area contributed by atoms with E-state index >= 15 is 0 Å². The average molecular weight is 313 g/mol. The number of rotatable bonds is 4. The Bertz CT molecular complexity index is 496. The smallest absolute Gasteiger partial charge is 0.119 e. The molecule has 1 atom stereocenters. The lowest BCUT2D eigenvalue weighted by Gasteiger charge is -2.10.